The van der Waals surface area contributed by atoms with Gasteiger partial charge in [-0.1, -0.05) is 6.07 Å². The molecule has 2 aromatic rings. The topological polar surface area (TPSA) is 71.3 Å². The Hall–Kier alpha value is -3.33. The molecule has 0 fully saturated rings. The lowest BCUT2D eigenvalue weighted by Gasteiger charge is -2.10. The van der Waals surface area contributed by atoms with Gasteiger partial charge in [0.25, 0.3) is 5.91 Å². The average Bonchev–Trinajstić information content (AvgIpc) is 2.62. The van der Waals surface area contributed by atoms with Crippen LogP contribution in [0.15, 0.2) is 42.0 Å². The fourth-order valence-corrected chi connectivity index (χ4v) is 2.19. The third-order valence-electron chi connectivity index (χ3n) is 3.50. The van der Waals surface area contributed by atoms with Gasteiger partial charge in [-0.2, -0.15) is 5.26 Å². The standard InChI is InChI=1S/C19H17FN2O3/c1-12-8-13(4-6-16(12)20)9-14(11-21)19(23)22-15-5-7-17(24-2)18(10-15)25-3/h4-10H,1-3H3,(H,22,23)/b14-9+. The Balaban J connectivity index is 2.24. The van der Waals surface area contributed by atoms with Gasteiger partial charge in [-0.15, -0.1) is 0 Å². The fraction of sp³-hybridized carbons (Fsp3) is 0.158. The molecule has 0 bridgehead atoms. The third kappa shape index (κ3) is 4.36. The molecule has 0 saturated heterocycles. The first-order chi connectivity index (χ1) is 12.0. The Kier molecular flexibility index (Phi) is 5.75. The van der Waals surface area contributed by atoms with Crippen LogP contribution in [0.25, 0.3) is 6.08 Å². The monoisotopic (exact) mass is 340 g/mol. The maximum absolute atomic E-state index is 13.3. The lowest BCUT2D eigenvalue weighted by Crippen LogP contribution is -2.13. The second-order valence-corrected chi connectivity index (χ2v) is 5.20. The molecule has 1 N–H and O–H groups in total. The second kappa shape index (κ2) is 7.97. The van der Waals surface area contributed by atoms with Crippen LogP contribution in [0.2, 0.25) is 0 Å². The van der Waals surface area contributed by atoms with Crippen molar-refractivity contribution >= 4 is 17.7 Å². The molecule has 2 aromatic carbocycles. The van der Waals surface area contributed by atoms with Crippen molar-refractivity contribution in [3.8, 4) is 17.6 Å². The van der Waals surface area contributed by atoms with Gasteiger partial charge in [0.15, 0.2) is 11.5 Å². The van der Waals surface area contributed by atoms with Crippen LogP contribution in [0.4, 0.5) is 10.1 Å². The molecule has 0 radical (unpaired) electrons. The minimum Gasteiger partial charge on any atom is -0.493 e. The maximum atomic E-state index is 13.3. The Morgan fingerprint density at radius 1 is 1.16 bits per heavy atom. The highest BCUT2D eigenvalue weighted by molar-refractivity contribution is 6.09. The summed E-state index contributed by atoms with van der Waals surface area (Å²) in [5, 5.41) is 11.9. The first-order valence-corrected chi connectivity index (χ1v) is 7.39. The van der Waals surface area contributed by atoms with Crippen LogP contribution >= 0.6 is 0 Å². The summed E-state index contributed by atoms with van der Waals surface area (Å²) in [5.41, 5.74) is 1.36. The van der Waals surface area contributed by atoms with Crippen LogP contribution in [0, 0.1) is 24.1 Å². The summed E-state index contributed by atoms with van der Waals surface area (Å²) < 4.78 is 23.6. The average molecular weight is 340 g/mol. The highest BCUT2D eigenvalue weighted by Gasteiger charge is 2.12. The van der Waals surface area contributed by atoms with Crippen molar-refractivity contribution in [3.63, 3.8) is 0 Å². The van der Waals surface area contributed by atoms with E-state index < -0.39 is 5.91 Å². The van der Waals surface area contributed by atoms with Crippen molar-refractivity contribution in [2.24, 2.45) is 0 Å². The summed E-state index contributed by atoms with van der Waals surface area (Å²) >= 11 is 0. The van der Waals surface area contributed by atoms with Crippen molar-refractivity contribution in [2.45, 2.75) is 6.92 Å². The number of carbonyl (C=O) groups is 1. The molecular weight excluding hydrogens is 323 g/mol. The maximum Gasteiger partial charge on any atom is 0.266 e. The molecule has 1 amide bonds. The summed E-state index contributed by atoms with van der Waals surface area (Å²) in [7, 11) is 3.00. The lowest BCUT2D eigenvalue weighted by atomic mass is 10.1. The minimum atomic E-state index is -0.573. The molecule has 2 rings (SSSR count). The molecule has 0 spiro atoms. The zero-order chi connectivity index (χ0) is 18.4. The van der Waals surface area contributed by atoms with Crippen molar-refractivity contribution in [2.75, 3.05) is 19.5 Å². The van der Waals surface area contributed by atoms with E-state index in [0.717, 1.165) is 0 Å². The van der Waals surface area contributed by atoms with E-state index in [4.69, 9.17) is 9.47 Å². The van der Waals surface area contributed by atoms with Crippen molar-refractivity contribution in [1.29, 1.82) is 5.26 Å². The highest BCUT2D eigenvalue weighted by Crippen LogP contribution is 2.29. The number of rotatable bonds is 5. The number of nitrogens with zero attached hydrogens (tertiary/aromatic N) is 1. The number of hydrogen-bond donors (Lipinski definition) is 1. The molecule has 128 valence electrons. The summed E-state index contributed by atoms with van der Waals surface area (Å²) in [5.74, 6) is 0.0671. The number of methoxy groups -OCH3 is 2. The van der Waals surface area contributed by atoms with E-state index in [-0.39, 0.29) is 11.4 Å². The van der Waals surface area contributed by atoms with Gasteiger partial charge in [-0.3, -0.25) is 4.79 Å². The summed E-state index contributed by atoms with van der Waals surface area (Å²) in [6.07, 6.45) is 1.41. The van der Waals surface area contributed by atoms with Crippen LogP contribution in [0.1, 0.15) is 11.1 Å². The molecular formula is C19H17FN2O3. The van der Waals surface area contributed by atoms with E-state index in [9.17, 15) is 14.4 Å². The predicted molar refractivity (Wildman–Crippen MR) is 92.9 cm³/mol. The molecule has 0 saturated carbocycles. The van der Waals surface area contributed by atoms with Crippen LogP contribution in [-0.2, 0) is 4.79 Å². The molecule has 0 atom stereocenters. The highest BCUT2D eigenvalue weighted by atomic mass is 19.1. The number of nitriles is 1. The minimum absolute atomic E-state index is 0.0965. The SMILES string of the molecule is COc1ccc(NC(=O)/C(C#N)=C/c2ccc(F)c(C)c2)cc1OC. The predicted octanol–water partition coefficient (Wildman–Crippen LogP) is 3.70. The molecule has 5 nitrogen and oxygen atoms in total. The van der Waals surface area contributed by atoms with Gasteiger partial charge < -0.3 is 14.8 Å². The fourth-order valence-electron chi connectivity index (χ4n) is 2.19. The summed E-state index contributed by atoms with van der Waals surface area (Å²) in [6.45, 7) is 1.61. The molecule has 0 aliphatic rings. The van der Waals surface area contributed by atoms with Gasteiger partial charge >= 0.3 is 0 Å². The molecule has 0 aliphatic heterocycles. The van der Waals surface area contributed by atoms with E-state index in [1.54, 1.807) is 31.2 Å². The van der Waals surface area contributed by atoms with Gasteiger partial charge in [0.05, 0.1) is 14.2 Å². The van der Waals surface area contributed by atoms with Gasteiger partial charge in [-0.05, 0) is 48.4 Å². The van der Waals surface area contributed by atoms with Gasteiger partial charge in [0.2, 0.25) is 0 Å². The Labute approximate surface area is 145 Å². The second-order valence-electron chi connectivity index (χ2n) is 5.20. The Morgan fingerprint density at radius 3 is 2.48 bits per heavy atom. The van der Waals surface area contributed by atoms with E-state index in [2.05, 4.69) is 5.32 Å². The number of anilines is 1. The van der Waals surface area contributed by atoms with Crippen LogP contribution in [0.3, 0.4) is 0 Å². The van der Waals surface area contributed by atoms with E-state index >= 15 is 0 Å². The lowest BCUT2D eigenvalue weighted by molar-refractivity contribution is -0.112. The third-order valence-corrected chi connectivity index (χ3v) is 3.50. The summed E-state index contributed by atoms with van der Waals surface area (Å²) in [4.78, 5) is 12.3. The number of benzene rings is 2. The van der Waals surface area contributed by atoms with Crippen LogP contribution in [-0.4, -0.2) is 20.1 Å². The molecule has 0 heterocycles. The van der Waals surface area contributed by atoms with E-state index in [1.165, 1.54) is 32.4 Å². The zero-order valence-corrected chi connectivity index (χ0v) is 14.1. The van der Waals surface area contributed by atoms with Gasteiger partial charge in [-0.25, -0.2) is 4.39 Å². The number of ether oxygens (including phenoxy) is 2. The molecule has 25 heavy (non-hydrogen) atoms. The molecule has 0 aromatic heterocycles. The number of halogens is 1. The van der Waals surface area contributed by atoms with E-state index in [1.807, 2.05) is 6.07 Å². The first-order valence-electron chi connectivity index (χ1n) is 7.39. The number of hydrogen-bond acceptors (Lipinski definition) is 4. The summed E-state index contributed by atoms with van der Waals surface area (Å²) in [6, 6.07) is 11.1. The number of aryl methyl sites for hydroxylation is 1. The van der Waals surface area contributed by atoms with Crippen molar-refractivity contribution in [3.05, 3.63) is 58.9 Å². The largest absolute Gasteiger partial charge is 0.493 e. The quantitative estimate of drug-likeness (QED) is 0.665. The zero-order valence-electron chi connectivity index (χ0n) is 14.1. The Bertz CT molecular complexity index is 869. The Morgan fingerprint density at radius 2 is 1.88 bits per heavy atom. The van der Waals surface area contributed by atoms with E-state index in [0.29, 0.717) is 28.3 Å². The molecule has 0 unspecified atom stereocenters. The van der Waals surface area contributed by atoms with Gasteiger partial charge in [0.1, 0.15) is 17.5 Å². The van der Waals surface area contributed by atoms with Crippen LogP contribution < -0.4 is 14.8 Å². The molecule has 6 heteroatoms. The molecule has 0 aliphatic carbocycles. The van der Waals surface area contributed by atoms with Gasteiger partial charge in [0, 0.05) is 11.8 Å². The smallest absolute Gasteiger partial charge is 0.266 e. The van der Waals surface area contributed by atoms with Crippen molar-refractivity contribution in [1.82, 2.24) is 0 Å². The number of amides is 1. The first kappa shape index (κ1) is 18.0. The van der Waals surface area contributed by atoms with Crippen molar-refractivity contribution < 1.29 is 18.7 Å². The number of nitrogens with one attached hydrogen (secondary N) is 1. The number of carbonyl (C=O) groups excluding carboxylic acids is 1. The van der Waals surface area contributed by atoms with Crippen LogP contribution in [0.5, 0.6) is 11.5 Å². The normalized spacial score (nSPS) is 10.8.